The molecule has 1 aromatic carbocycles. The van der Waals surface area contributed by atoms with E-state index in [4.69, 9.17) is 4.74 Å². The van der Waals surface area contributed by atoms with E-state index in [1.807, 2.05) is 26.0 Å². The van der Waals surface area contributed by atoms with Gasteiger partial charge in [0.25, 0.3) is 5.56 Å². The molecule has 130 valence electrons. The fourth-order valence-electron chi connectivity index (χ4n) is 3.32. The average molecular weight is 355 g/mol. The normalized spacial score (nSPS) is 15.0. The van der Waals surface area contributed by atoms with Crippen molar-refractivity contribution in [3.63, 3.8) is 0 Å². The lowest BCUT2D eigenvalue weighted by molar-refractivity contribution is 0.122. The summed E-state index contributed by atoms with van der Waals surface area (Å²) in [6, 6.07) is 8.28. The Morgan fingerprint density at radius 1 is 1.20 bits per heavy atom. The number of rotatable bonds is 3. The Morgan fingerprint density at radius 2 is 1.96 bits per heavy atom. The molecule has 0 N–H and O–H groups in total. The summed E-state index contributed by atoms with van der Waals surface area (Å²) in [4.78, 5) is 21.8. The summed E-state index contributed by atoms with van der Waals surface area (Å²) in [5.74, 6) is 0. The molecule has 0 radical (unpaired) electrons. The Bertz CT molecular complexity index is 970. The maximum absolute atomic E-state index is 13.0. The minimum absolute atomic E-state index is 0.0450. The number of morpholine rings is 1. The van der Waals surface area contributed by atoms with Gasteiger partial charge in [0.2, 0.25) is 0 Å². The lowest BCUT2D eigenvalue weighted by Crippen LogP contribution is -2.37. The molecule has 3 heterocycles. The van der Waals surface area contributed by atoms with Gasteiger partial charge in [-0.3, -0.25) is 9.36 Å². The first-order valence-electron chi connectivity index (χ1n) is 8.51. The molecule has 25 heavy (non-hydrogen) atoms. The lowest BCUT2D eigenvalue weighted by Gasteiger charge is -2.30. The number of nitrogens with zero attached hydrogens (tertiary/aromatic N) is 3. The number of thiophene rings is 1. The first-order chi connectivity index (χ1) is 12.1. The summed E-state index contributed by atoms with van der Waals surface area (Å²) in [6.45, 7) is 7.83. The standard InChI is InChI=1S/C19H21N3O2S/c1-13-14(2)25-18-17(13)19(23)22(12-20-18)11-15-5-3-4-6-16(15)21-7-9-24-10-8-21/h3-6,12H,7-11H2,1-2H3. The second-order valence-corrected chi connectivity index (χ2v) is 7.57. The van der Waals surface area contributed by atoms with Crippen molar-refractivity contribution in [1.29, 1.82) is 0 Å². The van der Waals surface area contributed by atoms with E-state index in [0.717, 1.165) is 52.5 Å². The fourth-order valence-corrected chi connectivity index (χ4v) is 4.31. The summed E-state index contributed by atoms with van der Waals surface area (Å²) < 4.78 is 7.18. The van der Waals surface area contributed by atoms with Crippen LogP contribution in [-0.2, 0) is 11.3 Å². The molecule has 0 spiro atoms. The number of para-hydroxylation sites is 1. The molecule has 2 aromatic heterocycles. The molecule has 3 aromatic rings. The summed E-state index contributed by atoms with van der Waals surface area (Å²) >= 11 is 1.59. The van der Waals surface area contributed by atoms with Gasteiger partial charge in [0.05, 0.1) is 31.5 Å². The van der Waals surface area contributed by atoms with Crippen LogP contribution >= 0.6 is 11.3 Å². The van der Waals surface area contributed by atoms with E-state index in [-0.39, 0.29) is 5.56 Å². The summed E-state index contributed by atoms with van der Waals surface area (Å²) in [7, 11) is 0. The van der Waals surface area contributed by atoms with E-state index in [2.05, 4.69) is 22.0 Å². The molecule has 4 rings (SSSR count). The summed E-state index contributed by atoms with van der Waals surface area (Å²) in [5, 5.41) is 0.758. The Labute approximate surface area is 150 Å². The molecule has 0 saturated carbocycles. The van der Waals surface area contributed by atoms with E-state index in [1.54, 1.807) is 22.2 Å². The molecule has 0 aliphatic carbocycles. The first kappa shape index (κ1) is 16.3. The Hall–Kier alpha value is -2.18. The Kier molecular flexibility index (Phi) is 4.31. The van der Waals surface area contributed by atoms with Gasteiger partial charge in [0.1, 0.15) is 4.83 Å². The van der Waals surface area contributed by atoms with Gasteiger partial charge in [-0.25, -0.2) is 4.98 Å². The van der Waals surface area contributed by atoms with Crippen molar-refractivity contribution in [2.24, 2.45) is 0 Å². The van der Waals surface area contributed by atoms with Crippen molar-refractivity contribution in [3.05, 3.63) is 57.0 Å². The van der Waals surface area contributed by atoms with Crippen LogP contribution < -0.4 is 10.5 Å². The SMILES string of the molecule is Cc1sc2ncn(Cc3ccccc3N3CCOCC3)c(=O)c2c1C. The zero-order chi connectivity index (χ0) is 17.4. The van der Waals surface area contributed by atoms with Crippen molar-refractivity contribution in [2.45, 2.75) is 20.4 Å². The van der Waals surface area contributed by atoms with Crippen molar-refractivity contribution in [3.8, 4) is 0 Å². The highest BCUT2D eigenvalue weighted by atomic mass is 32.1. The van der Waals surface area contributed by atoms with Crippen LogP contribution in [-0.4, -0.2) is 35.9 Å². The van der Waals surface area contributed by atoms with Gasteiger partial charge in [0, 0.05) is 23.7 Å². The molecule has 1 aliphatic heterocycles. The maximum atomic E-state index is 13.0. The average Bonchev–Trinajstić information content (AvgIpc) is 2.93. The number of hydrogen-bond acceptors (Lipinski definition) is 5. The Balaban J connectivity index is 1.73. The number of benzene rings is 1. The van der Waals surface area contributed by atoms with E-state index in [9.17, 15) is 4.79 Å². The van der Waals surface area contributed by atoms with Gasteiger partial charge in [-0.05, 0) is 31.0 Å². The summed E-state index contributed by atoms with van der Waals surface area (Å²) in [5.41, 5.74) is 3.41. The van der Waals surface area contributed by atoms with Crippen LogP contribution in [0.5, 0.6) is 0 Å². The topological polar surface area (TPSA) is 47.4 Å². The van der Waals surface area contributed by atoms with Crippen molar-refractivity contribution in [1.82, 2.24) is 9.55 Å². The van der Waals surface area contributed by atoms with E-state index < -0.39 is 0 Å². The molecule has 0 bridgehead atoms. The third-order valence-electron chi connectivity index (χ3n) is 4.84. The highest BCUT2D eigenvalue weighted by Crippen LogP contribution is 2.26. The van der Waals surface area contributed by atoms with E-state index in [0.29, 0.717) is 6.54 Å². The molecule has 0 atom stereocenters. The maximum Gasteiger partial charge on any atom is 0.262 e. The second kappa shape index (κ2) is 6.61. The smallest absolute Gasteiger partial charge is 0.262 e. The van der Waals surface area contributed by atoms with Gasteiger partial charge in [-0.2, -0.15) is 0 Å². The van der Waals surface area contributed by atoms with Crippen molar-refractivity contribution < 1.29 is 4.74 Å². The zero-order valence-electron chi connectivity index (χ0n) is 14.5. The van der Waals surface area contributed by atoms with Crippen LogP contribution in [0.25, 0.3) is 10.2 Å². The predicted molar refractivity (Wildman–Crippen MR) is 102 cm³/mol. The number of anilines is 1. The van der Waals surface area contributed by atoms with Gasteiger partial charge in [-0.15, -0.1) is 11.3 Å². The lowest BCUT2D eigenvalue weighted by atomic mass is 10.1. The van der Waals surface area contributed by atoms with Gasteiger partial charge in [0.15, 0.2) is 0 Å². The number of ether oxygens (including phenoxy) is 1. The summed E-state index contributed by atoms with van der Waals surface area (Å²) in [6.07, 6.45) is 1.68. The third-order valence-corrected chi connectivity index (χ3v) is 5.96. The predicted octanol–water partition coefficient (Wildman–Crippen LogP) is 2.96. The van der Waals surface area contributed by atoms with Gasteiger partial charge < -0.3 is 9.64 Å². The van der Waals surface area contributed by atoms with Crippen LogP contribution in [0.2, 0.25) is 0 Å². The monoisotopic (exact) mass is 355 g/mol. The Morgan fingerprint density at radius 3 is 2.76 bits per heavy atom. The number of fused-ring (bicyclic) bond motifs is 1. The van der Waals surface area contributed by atoms with Crippen LogP contribution in [0.4, 0.5) is 5.69 Å². The molecule has 0 amide bonds. The minimum Gasteiger partial charge on any atom is -0.378 e. The van der Waals surface area contributed by atoms with Crippen molar-refractivity contribution in [2.75, 3.05) is 31.2 Å². The molecular formula is C19H21N3O2S. The van der Waals surface area contributed by atoms with E-state index in [1.165, 1.54) is 5.69 Å². The molecule has 6 heteroatoms. The first-order valence-corrected chi connectivity index (χ1v) is 9.32. The molecule has 1 saturated heterocycles. The largest absolute Gasteiger partial charge is 0.378 e. The molecule has 1 aliphatic rings. The molecular weight excluding hydrogens is 334 g/mol. The van der Waals surface area contributed by atoms with Crippen molar-refractivity contribution >= 4 is 27.2 Å². The quantitative estimate of drug-likeness (QED) is 0.725. The van der Waals surface area contributed by atoms with Gasteiger partial charge in [-0.1, -0.05) is 18.2 Å². The minimum atomic E-state index is 0.0450. The molecule has 1 fully saturated rings. The van der Waals surface area contributed by atoms with Crippen LogP contribution in [0.1, 0.15) is 16.0 Å². The number of aromatic nitrogens is 2. The molecule has 0 unspecified atom stereocenters. The fraction of sp³-hybridized carbons (Fsp3) is 0.368. The third kappa shape index (κ3) is 2.96. The highest BCUT2D eigenvalue weighted by Gasteiger charge is 2.16. The van der Waals surface area contributed by atoms with Gasteiger partial charge >= 0.3 is 0 Å². The number of hydrogen-bond donors (Lipinski definition) is 0. The number of aryl methyl sites for hydroxylation is 2. The van der Waals surface area contributed by atoms with Crippen LogP contribution in [0, 0.1) is 13.8 Å². The zero-order valence-corrected chi connectivity index (χ0v) is 15.3. The molecule has 5 nitrogen and oxygen atoms in total. The van der Waals surface area contributed by atoms with Crippen LogP contribution in [0.15, 0.2) is 35.4 Å². The van der Waals surface area contributed by atoms with Crippen LogP contribution in [0.3, 0.4) is 0 Å². The van der Waals surface area contributed by atoms with E-state index >= 15 is 0 Å². The second-order valence-electron chi connectivity index (χ2n) is 6.37. The highest BCUT2D eigenvalue weighted by molar-refractivity contribution is 7.18.